The van der Waals surface area contributed by atoms with Crippen molar-refractivity contribution in [2.45, 2.75) is 23.3 Å². The fraction of sp³-hybridized carbons (Fsp3) is 0.167. The topological polar surface area (TPSA) is 64.0 Å². The molecule has 0 radical (unpaired) electrons. The van der Waals surface area contributed by atoms with E-state index in [1.54, 1.807) is 12.1 Å². The third-order valence-corrected chi connectivity index (χ3v) is 5.73. The van der Waals surface area contributed by atoms with Crippen molar-refractivity contribution in [3.8, 4) is 5.69 Å². The summed E-state index contributed by atoms with van der Waals surface area (Å²) < 4.78 is 42.3. The summed E-state index contributed by atoms with van der Waals surface area (Å²) in [5.74, 6) is -0.214. The Labute approximate surface area is 145 Å². The lowest BCUT2D eigenvalue weighted by atomic mass is 10.1. The number of halogens is 1. The van der Waals surface area contributed by atoms with Gasteiger partial charge in [-0.25, -0.2) is 22.2 Å². The van der Waals surface area contributed by atoms with Crippen LogP contribution in [0.1, 0.15) is 17.9 Å². The fourth-order valence-corrected chi connectivity index (χ4v) is 4.06. The molecule has 1 aliphatic rings. The summed E-state index contributed by atoms with van der Waals surface area (Å²) in [4.78, 5) is 0.126. The zero-order valence-electron chi connectivity index (χ0n) is 13.2. The summed E-state index contributed by atoms with van der Waals surface area (Å²) >= 11 is 0. The van der Waals surface area contributed by atoms with Crippen LogP contribution >= 0.6 is 0 Å². The lowest BCUT2D eigenvalue weighted by molar-refractivity contribution is 0.580. The van der Waals surface area contributed by atoms with Crippen molar-refractivity contribution in [3.63, 3.8) is 0 Å². The standard InChI is InChI=1S/C18H16FN3O2S/c19-14-8-6-13(7-9-14)17-10-18(17)21-25(23,24)16-11-20-22(12-16)15-4-2-1-3-5-15/h1-9,11-12,17-18,21H,10H2/t17-,18-/m1/s1. The Bertz CT molecular complexity index is 985. The SMILES string of the molecule is O=S(=O)(N[C@@H]1C[C@@H]1c1ccc(F)cc1)c1cnn(-c2ccccc2)c1. The normalized spacial score (nSPS) is 19.7. The molecule has 1 N–H and O–H groups in total. The van der Waals surface area contributed by atoms with E-state index in [9.17, 15) is 12.8 Å². The Balaban J connectivity index is 1.48. The molecule has 128 valence electrons. The van der Waals surface area contributed by atoms with E-state index >= 15 is 0 Å². The van der Waals surface area contributed by atoms with E-state index in [1.165, 1.54) is 29.2 Å². The number of sulfonamides is 1. The molecule has 1 fully saturated rings. The van der Waals surface area contributed by atoms with E-state index in [0.717, 1.165) is 11.3 Å². The van der Waals surface area contributed by atoms with Crippen molar-refractivity contribution < 1.29 is 12.8 Å². The van der Waals surface area contributed by atoms with Gasteiger partial charge in [-0.1, -0.05) is 30.3 Å². The molecule has 7 heteroatoms. The van der Waals surface area contributed by atoms with Gasteiger partial charge >= 0.3 is 0 Å². The van der Waals surface area contributed by atoms with Crippen LogP contribution in [0.25, 0.3) is 5.69 Å². The number of nitrogens with one attached hydrogen (secondary N) is 1. The van der Waals surface area contributed by atoms with Crippen LogP contribution < -0.4 is 4.72 Å². The van der Waals surface area contributed by atoms with Crippen molar-refractivity contribution in [2.75, 3.05) is 0 Å². The molecule has 1 saturated carbocycles. The van der Waals surface area contributed by atoms with Crippen LogP contribution in [0.4, 0.5) is 4.39 Å². The molecule has 0 unspecified atom stereocenters. The summed E-state index contributed by atoms with van der Waals surface area (Å²) in [7, 11) is -3.64. The third-order valence-electron chi connectivity index (χ3n) is 4.29. The summed E-state index contributed by atoms with van der Waals surface area (Å²) in [6.07, 6.45) is 3.54. The Morgan fingerprint density at radius 1 is 1.08 bits per heavy atom. The molecule has 5 nitrogen and oxygen atoms in total. The lowest BCUT2D eigenvalue weighted by Crippen LogP contribution is -2.26. The minimum atomic E-state index is -3.64. The molecule has 0 bridgehead atoms. The van der Waals surface area contributed by atoms with Crippen molar-refractivity contribution in [1.82, 2.24) is 14.5 Å². The number of aromatic nitrogens is 2. The van der Waals surface area contributed by atoms with Gasteiger partial charge in [0.25, 0.3) is 0 Å². The van der Waals surface area contributed by atoms with Crippen molar-refractivity contribution in [1.29, 1.82) is 0 Å². The maximum absolute atomic E-state index is 13.0. The summed E-state index contributed by atoms with van der Waals surface area (Å²) in [6.45, 7) is 0. The summed E-state index contributed by atoms with van der Waals surface area (Å²) in [6, 6.07) is 15.3. The van der Waals surface area contributed by atoms with Crippen LogP contribution in [0.15, 0.2) is 71.9 Å². The highest BCUT2D eigenvalue weighted by Gasteiger charge is 2.41. The van der Waals surface area contributed by atoms with Crippen LogP contribution in [0, 0.1) is 5.82 Å². The molecule has 0 saturated heterocycles. The second kappa shape index (κ2) is 6.09. The third kappa shape index (κ3) is 3.33. The summed E-state index contributed by atoms with van der Waals surface area (Å²) in [5, 5.41) is 4.12. The predicted octanol–water partition coefficient (Wildman–Crippen LogP) is 2.85. The molecule has 1 heterocycles. The predicted molar refractivity (Wildman–Crippen MR) is 91.4 cm³/mol. The van der Waals surface area contributed by atoms with E-state index < -0.39 is 10.0 Å². The molecule has 0 aliphatic heterocycles. The Hall–Kier alpha value is -2.51. The van der Waals surface area contributed by atoms with Gasteiger partial charge in [-0.15, -0.1) is 0 Å². The Morgan fingerprint density at radius 3 is 2.52 bits per heavy atom. The maximum atomic E-state index is 13.0. The van der Waals surface area contributed by atoms with E-state index in [1.807, 2.05) is 30.3 Å². The van der Waals surface area contributed by atoms with Crippen LogP contribution in [-0.2, 0) is 10.0 Å². The smallest absolute Gasteiger partial charge is 0.240 e. The van der Waals surface area contributed by atoms with Crippen molar-refractivity contribution in [2.24, 2.45) is 0 Å². The number of nitrogens with zero attached hydrogens (tertiary/aromatic N) is 2. The van der Waals surface area contributed by atoms with E-state index in [2.05, 4.69) is 9.82 Å². The first-order chi connectivity index (χ1) is 12.0. The fourth-order valence-electron chi connectivity index (χ4n) is 2.84. The second-order valence-electron chi connectivity index (χ2n) is 6.08. The summed E-state index contributed by atoms with van der Waals surface area (Å²) in [5.41, 5.74) is 1.73. The zero-order valence-corrected chi connectivity index (χ0v) is 14.0. The highest BCUT2D eigenvalue weighted by Crippen LogP contribution is 2.41. The number of hydrogen-bond acceptors (Lipinski definition) is 3. The average Bonchev–Trinajstić information content (AvgIpc) is 3.17. The van der Waals surface area contributed by atoms with Crippen LogP contribution in [0.2, 0.25) is 0 Å². The number of rotatable bonds is 5. The lowest BCUT2D eigenvalue weighted by Gasteiger charge is -2.04. The van der Waals surface area contributed by atoms with Gasteiger partial charge in [0.05, 0.1) is 18.1 Å². The first kappa shape index (κ1) is 16.0. The van der Waals surface area contributed by atoms with Crippen LogP contribution in [0.3, 0.4) is 0 Å². The molecule has 4 rings (SSSR count). The molecule has 25 heavy (non-hydrogen) atoms. The quantitative estimate of drug-likeness (QED) is 0.764. The van der Waals surface area contributed by atoms with E-state index in [4.69, 9.17) is 0 Å². The van der Waals surface area contributed by atoms with Gasteiger partial charge in [-0.05, 0) is 36.2 Å². The minimum Gasteiger partial charge on any atom is -0.240 e. The molecule has 0 spiro atoms. The molecule has 1 aliphatic carbocycles. The van der Waals surface area contributed by atoms with Gasteiger partial charge in [-0.2, -0.15) is 5.10 Å². The highest BCUT2D eigenvalue weighted by molar-refractivity contribution is 7.89. The molecule has 3 aromatic rings. The first-order valence-electron chi connectivity index (χ1n) is 7.91. The zero-order chi connectivity index (χ0) is 17.4. The molecular weight excluding hydrogens is 341 g/mol. The molecular formula is C18H16FN3O2S. The maximum Gasteiger partial charge on any atom is 0.243 e. The van der Waals surface area contributed by atoms with Gasteiger partial charge in [0.15, 0.2) is 0 Å². The second-order valence-corrected chi connectivity index (χ2v) is 7.79. The largest absolute Gasteiger partial charge is 0.243 e. The first-order valence-corrected chi connectivity index (χ1v) is 9.39. The van der Waals surface area contributed by atoms with Crippen LogP contribution in [0.5, 0.6) is 0 Å². The molecule has 2 aromatic carbocycles. The van der Waals surface area contributed by atoms with Gasteiger partial charge in [0.1, 0.15) is 10.7 Å². The van der Waals surface area contributed by atoms with Gasteiger partial charge in [0, 0.05) is 12.0 Å². The van der Waals surface area contributed by atoms with Crippen molar-refractivity contribution >= 4 is 10.0 Å². The number of para-hydroxylation sites is 1. The minimum absolute atomic E-state index is 0.0829. The molecule has 0 amide bonds. The Kier molecular flexibility index (Phi) is 3.89. The average molecular weight is 357 g/mol. The van der Waals surface area contributed by atoms with Gasteiger partial charge < -0.3 is 0 Å². The van der Waals surface area contributed by atoms with Gasteiger partial charge in [0.2, 0.25) is 10.0 Å². The van der Waals surface area contributed by atoms with Gasteiger partial charge in [-0.3, -0.25) is 0 Å². The Morgan fingerprint density at radius 2 is 1.80 bits per heavy atom. The van der Waals surface area contributed by atoms with Crippen molar-refractivity contribution in [3.05, 3.63) is 78.4 Å². The molecule has 1 aromatic heterocycles. The monoisotopic (exact) mass is 357 g/mol. The van der Waals surface area contributed by atoms with E-state index in [-0.39, 0.29) is 22.7 Å². The van der Waals surface area contributed by atoms with Crippen LogP contribution in [-0.4, -0.2) is 24.2 Å². The number of benzene rings is 2. The number of hydrogen-bond donors (Lipinski definition) is 1. The highest BCUT2D eigenvalue weighted by atomic mass is 32.2. The molecule has 2 atom stereocenters. The van der Waals surface area contributed by atoms with E-state index in [0.29, 0.717) is 6.42 Å².